The SMILES string of the molecule is Fc1ccc(-c2cc(Cl)nc3cc(I)ccc23)cc1. The number of halogens is 3. The zero-order valence-corrected chi connectivity index (χ0v) is 12.6. The lowest BCUT2D eigenvalue weighted by Gasteiger charge is -2.08. The van der Waals surface area contributed by atoms with Gasteiger partial charge in [-0.25, -0.2) is 9.37 Å². The molecule has 0 bridgehead atoms. The summed E-state index contributed by atoms with van der Waals surface area (Å²) in [7, 11) is 0. The number of aromatic nitrogens is 1. The highest BCUT2D eigenvalue weighted by atomic mass is 127. The van der Waals surface area contributed by atoms with Gasteiger partial charge in [0.05, 0.1) is 5.52 Å². The smallest absolute Gasteiger partial charge is 0.130 e. The Labute approximate surface area is 128 Å². The van der Waals surface area contributed by atoms with E-state index in [1.165, 1.54) is 12.1 Å². The van der Waals surface area contributed by atoms with E-state index in [2.05, 4.69) is 27.6 Å². The first-order chi connectivity index (χ1) is 9.13. The van der Waals surface area contributed by atoms with Gasteiger partial charge in [-0.1, -0.05) is 29.8 Å². The maximum Gasteiger partial charge on any atom is 0.130 e. The third-order valence-electron chi connectivity index (χ3n) is 2.90. The molecule has 0 aliphatic rings. The number of nitrogens with zero attached hydrogens (tertiary/aromatic N) is 1. The Morgan fingerprint density at radius 3 is 2.47 bits per heavy atom. The van der Waals surface area contributed by atoms with Gasteiger partial charge >= 0.3 is 0 Å². The lowest BCUT2D eigenvalue weighted by atomic mass is 10.0. The van der Waals surface area contributed by atoms with Crippen LogP contribution in [0.15, 0.2) is 48.5 Å². The Balaban J connectivity index is 2.30. The molecule has 1 nitrogen and oxygen atoms in total. The quantitative estimate of drug-likeness (QED) is 0.410. The van der Waals surface area contributed by atoms with Crippen LogP contribution in [0.1, 0.15) is 0 Å². The van der Waals surface area contributed by atoms with Crippen molar-refractivity contribution in [3.63, 3.8) is 0 Å². The van der Waals surface area contributed by atoms with E-state index in [1.54, 1.807) is 12.1 Å². The molecule has 4 heteroatoms. The fourth-order valence-electron chi connectivity index (χ4n) is 2.04. The highest BCUT2D eigenvalue weighted by molar-refractivity contribution is 14.1. The minimum atomic E-state index is -0.247. The Kier molecular flexibility index (Phi) is 3.41. The van der Waals surface area contributed by atoms with Crippen molar-refractivity contribution in [2.75, 3.05) is 0 Å². The summed E-state index contributed by atoms with van der Waals surface area (Å²) in [5.74, 6) is -0.247. The molecule has 0 N–H and O–H groups in total. The summed E-state index contributed by atoms with van der Waals surface area (Å²) < 4.78 is 14.1. The Morgan fingerprint density at radius 2 is 1.74 bits per heavy atom. The van der Waals surface area contributed by atoms with Crippen LogP contribution in [0.3, 0.4) is 0 Å². The molecule has 0 amide bonds. The summed E-state index contributed by atoms with van der Waals surface area (Å²) in [4.78, 5) is 4.33. The van der Waals surface area contributed by atoms with Gasteiger partial charge in [-0.2, -0.15) is 0 Å². The predicted molar refractivity (Wildman–Crippen MR) is 84.9 cm³/mol. The Bertz CT molecular complexity index is 751. The van der Waals surface area contributed by atoms with Gasteiger partial charge in [-0.05, 0) is 64.0 Å². The monoisotopic (exact) mass is 383 g/mol. The maximum absolute atomic E-state index is 13.0. The summed E-state index contributed by atoms with van der Waals surface area (Å²) in [6.07, 6.45) is 0. The van der Waals surface area contributed by atoms with E-state index in [1.807, 2.05) is 24.3 Å². The van der Waals surface area contributed by atoms with Gasteiger partial charge in [-0.3, -0.25) is 0 Å². The van der Waals surface area contributed by atoms with Crippen molar-refractivity contribution >= 4 is 45.1 Å². The fourth-order valence-corrected chi connectivity index (χ4v) is 2.71. The summed E-state index contributed by atoms with van der Waals surface area (Å²) in [5, 5.41) is 1.45. The van der Waals surface area contributed by atoms with Gasteiger partial charge in [0, 0.05) is 8.96 Å². The third kappa shape index (κ3) is 2.58. The molecule has 1 heterocycles. The van der Waals surface area contributed by atoms with E-state index in [4.69, 9.17) is 11.6 Å². The first kappa shape index (κ1) is 12.8. The topological polar surface area (TPSA) is 12.9 Å². The first-order valence-corrected chi connectivity index (χ1v) is 7.11. The highest BCUT2D eigenvalue weighted by Gasteiger charge is 2.07. The number of hydrogen-bond donors (Lipinski definition) is 0. The van der Waals surface area contributed by atoms with E-state index < -0.39 is 0 Å². The second-order valence-electron chi connectivity index (χ2n) is 4.16. The second-order valence-corrected chi connectivity index (χ2v) is 5.79. The van der Waals surface area contributed by atoms with Crippen molar-refractivity contribution in [2.24, 2.45) is 0 Å². The molecule has 0 saturated carbocycles. The van der Waals surface area contributed by atoms with Crippen molar-refractivity contribution in [1.82, 2.24) is 4.98 Å². The highest BCUT2D eigenvalue weighted by Crippen LogP contribution is 2.31. The summed E-state index contributed by atoms with van der Waals surface area (Å²) in [5.41, 5.74) is 2.74. The van der Waals surface area contributed by atoms with E-state index in [-0.39, 0.29) is 5.82 Å². The Hall–Kier alpha value is -1.20. The standard InChI is InChI=1S/C15H8ClFIN/c16-15-8-13(9-1-3-10(17)4-2-9)12-6-5-11(18)7-14(12)19-15/h1-8H. The van der Waals surface area contributed by atoms with Crippen LogP contribution in [0.2, 0.25) is 5.15 Å². The lowest BCUT2D eigenvalue weighted by molar-refractivity contribution is 0.628. The molecule has 2 aromatic carbocycles. The minimum absolute atomic E-state index is 0.247. The van der Waals surface area contributed by atoms with Crippen molar-refractivity contribution in [2.45, 2.75) is 0 Å². The van der Waals surface area contributed by atoms with E-state index in [9.17, 15) is 4.39 Å². The molecular formula is C15H8ClFIN. The van der Waals surface area contributed by atoms with Crippen LogP contribution in [0.4, 0.5) is 4.39 Å². The van der Waals surface area contributed by atoms with E-state index in [0.29, 0.717) is 5.15 Å². The van der Waals surface area contributed by atoms with Crippen molar-refractivity contribution < 1.29 is 4.39 Å². The van der Waals surface area contributed by atoms with Crippen molar-refractivity contribution in [3.05, 3.63) is 63.1 Å². The zero-order chi connectivity index (χ0) is 13.4. The molecule has 0 spiro atoms. The average Bonchev–Trinajstić information content (AvgIpc) is 2.38. The fraction of sp³-hybridized carbons (Fsp3) is 0. The predicted octanol–water partition coefficient (Wildman–Crippen LogP) is 5.30. The molecule has 94 valence electrons. The van der Waals surface area contributed by atoms with Gasteiger partial charge in [0.2, 0.25) is 0 Å². The first-order valence-electron chi connectivity index (χ1n) is 5.65. The molecule has 0 aliphatic carbocycles. The van der Waals surface area contributed by atoms with E-state index >= 15 is 0 Å². The van der Waals surface area contributed by atoms with Crippen LogP contribution >= 0.6 is 34.2 Å². The molecule has 3 aromatic rings. The van der Waals surface area contributed by atoms with Crippen molar-refractivity contribution in [1.29, 1.82) is 0 Å². The molecule has 0 saturated heterocycles. The van der Waals surface area contributed by atoms with Crippen LogP contribution in [0, 0.1) is 9.39 Å². The molecule has 0 fully saturated rings. The molecule has 0 radical (unpaired) electrons. The molecule has 0 unspecified atom stereocenters. The molecule has 19 heavy (non-hydrogen) atoms. The number of benzene rings is 2. The molecule has 0 atom stereocenters. The molecular weight excluding hydrogens is 376 g/mol. The van der Waals surface area contributed by atoms with Gasteiger partial charge < -0.3 is 0 Å². The van der Waals surface area contributed by atoms with Crippen LogP contribution in [0.25, 0.3) is 22.0 Å². The zero-order valence-electron chi connectivity index (χ0n) is 9.70. The molecule has 0 aliphatic heterocycles. The largest absolute Gasteiger partial charge is 0.236 e. The van der Waals surface area contributed by atoms with Gasteiger partial charge in [0.25, 0.3) is 0 Å². The van der Waals surface area contributed by atoms with Crippen LogP contribution in [-0.4, -0.2) is 4.98 Å². The van der Waals surface area contributed by atoms with Crippen LogP contribution in [0.5, 0.6) is 0 Å². The number of pyridine rings is 1. The third-order valence-corrected chi connectivity index (χ3v) is 3.76. The van der Waals surface area contributed by atoms with Gasteiger partial charge in [0.1, 0.15) is 11.0 Å². The Morgan fingerprint density at radius 1 is 1.00 bits per heavy atom. The van der Waals surface area contributed by atoms with E-state index in [0.717, 1.165) is 25.6 Å². The molecule has 3 rings (SSSR count). The molecule has 1 aromatic heterocycles. The maximum atomic E-state index is 13.0. The number of rotatable bonds is 1. The van der Waals surface area contributed by atoms with Crippen molar-refractivity contribution in [3.8, 4) is 11.1 Å². The average molecular weight is 384 g/mol. The summed E-state index contributed by atoms with van der Waals surface area (Å²) >= 11 is 8.31. The van der Waals surface area contributed by atoms with Crippen LogP contribution in [-0.2, 0) is 0 Å². The summed E-state index contributed by atoms with van der Waals surface area (Å²) in [6.45, 7) is 0. The normalized spacial score (nSPS) is 10.9. The van der Waals surface area contributed by atoms with Gasteiger partial charge in [0.15, 0.2) is 0 Å². The number of hydrogen-bond acceptors (Lipinski definition) is 1. The lowest BCUT2D eigenvalue weighted by Crippen LogP contribution is -1.87. The minimum Gasteiger partial charge on any atom is -0.236 e. The van der Waals surface area contributed by atoms with Crippen LogP contribution < -0.4 is 0 Å². The van der Waals surface area contributed by atoms with Gasteiger partial charge in [-0.15, -0.1) is 0 Å². The summed E-state index contributed by atoms with van der Waals surface area (Å²) in [6, 6.07) is 14.2. The second kappa shape index (κ2) is 5.06. The number of fused-ring (bicyclic) bond motifs is 1.